The average molecular weight is 402 g/mol. The van der Waals surface area contributed by atoms with Gasteiger partial charge in [0.05, 0.1) is 5.75 Å². The van der Waals surface area contributed by atoms with Crippen LogP contribution in [0.3, 0.4) is 0 Å². The maximum atomic E-state index is 12.7. The number of hydrogen-bond donors (Lipinski definition) is 3. The second kappa shape index (κ2) is 7.95. The largest absolute Gasteiger partial charge is 0.507 e. The maximum Gasteiger partial charge on any atom is 0.433 e. The molecule has 0 amide bonds. The monoisotopic (exact) mass is 402 g/mol. The molecule has 0 aliphatic heterocycles. The third-order valence-electron chi connectivity index (χ3n) is 3.71. The van der Waals surface area contributed by atoms with E-state index in [0.29, 0.717) is 11.1 Å². The van der Waals surface area contributed by atoms with Gasteiger partial charge in [0.1, 0.15) is 11.4 Å². The molecule has 0 radical (unpaired) electrons. The SMILES string of the molecule is CC(C)(C)NCc1cc(CS(=O)O)cc(-c2ccc(C(F)(F)F)nc2)c1O. The Balaban J connectivity index is 2.48. The molecule has 0 saturated heterocycles. The molecule has 27 heavy (non-hydrogen) atoms. The van der Waals surface area contributed by atoms with Gasteiger partial charge < -0.3 is 15.0 Å². The number of rotatable bonds is 5. The highest BCUT2D eigenvalue weighted by Crippen LogP contribution is 2.35. The zero-order valence-electron chi connectivity index (χ0n) is 15.1. The molecule has 5 nitrogen and oxygen atoms in total. The number of aromatic nitrogens is 1. The van der Waals surface area contributed by atoms with Gasteiger partial charge in [-0.1, -0.05) is 6.07 Å². The summed E-state index contributed by atoms with van der Waals surface area (Å²) < 4.78 is 58.5. The van der Waals surface area contributed by atoms with Gasteiger partial charge in [-0.25, -0.2) is 4.21 Å². The Labute approximate surface area is 157 Å². The molecular weight excluding hydrogens is 381 g/mol. The highest BCUT2D eigenvalue weighted by atomic mass is 32.2. The molecule has 148 valence electrons. The summed E-state index contributed by atoms with van der Waals surface area (Å²) in [4.78, 5) is 3.41. The van der Waals surface area contributed by atoms with Gasteiger partial charge in [0.2, 0.25) is 0 Å². The van der Waals surface area contributed by atoms with E-state index in [-0.39, 0.29) is 34.7 Å². The van der Waals surface area contributed by atoms with E-state index in [1.807, 2.05) is 20.8 Å². The third-order valence-corrected chi connectivity index (χ3v) is 4.29. The number of alkyl halides is 3. The van der Waals surface area contributed by atoms with Crippen LogP contribution in [0.25, 0.3) is 11.1 Å². The van der Waals surface area contributed by atoms with Crippen LogP contribution in [0.4, 0.5) is 13.2 Å². The quantitative estimate of drug-likeness (QED) is 0.657. The minimum Gasteiger partial charge on any atom is -0.507 e. The van der Waals surface area contributed by atoms with Gasteiger partial charge in [-0.3, -0.25) is 4.98 Å². The first kappa shape index (κ1) is 21.3. The van der Waals surface area contributed by atoms with E-state index in [2.05, 4.69) is 10.3 Å². The number of halogens is 3. The molecule has 1 aromatic carbocycles. The number of nitrogens with one attached hydrogen (secondary N) is 1. The Morgan fingerprint density at radius 2 is 1.85 bits per heavy atom. The summed E-state index contributed by atoms with van der Waals surface area (Å²) in [6.45, 7) is 6.11. The molecule has 0 saturated carbocycles. The number of nitrogens with zero attached hydrogens (tertiary/aromatic N) is 1. The van der Waals surface area contributed by atoms with Crippen molar-refractivity contribution in [2.75, 3.05) is 0 Å². The number of aromatic hydroxyl groups is 1. The summed E-state index contributed by atoms with van der Waals surface area (Å²) in [7, 11) is 0. The summed E-state index contributed by atoms with van der Waals surface area (Å²) in [6, 6.07) is 5.13. The van der Waals surface area contributed by atoms with Crippen LogP contribution < -0.4 is 5.32 Å². The normalized spacial score (nSPS) is 13.6. The lowest BCUT2D eigenvalue weighted by molar-refractivity contribution is -0.141. The molecule has 0 fully saturated rings. The first-order chi connectivity index (χ1) is 12.4. The smallest absolute Gasteiger partial charge is 0.433 e. The third kappa shape index (κ3) is 6.02. The van der Waals surface area contributed by atoms with E-state index in [1.165, 1.54) is 12.1 Å². The van der Waals surface area contributed by atoms with Gasteiger partial charge in [-0.05, 0) is 44.5 Å². The zero-order valence-corrected chi connectivity index (χ0v) is 15.9. The number of hydrogen-bond acceptors (Lipinski definition) is 4. The summed E-state index contributed by atoms with van der Waals surface area (Å²) >= 11 is -2.10. The van der Waals surface area contributed by atoms with Crippen molar-refractivity contribution < 1.29 is 27.0 Å². The van der Waals surface area contributed by atoms with Crippen LogP contribution in [0.2, 0.25) is 0 Å². The van der Waals surface area contributed by atoms with E-state index >= 15 is 0 Å². The van der Waals surface area contributed by atoms with Crippen LogP contribution in [0.1, 0.15) is 37.6 Å². The van der Waals surface area contributed by atoms with Crippen molar-refractivity contribution in [1.29, 1.82) is 0 Å². The molecule has 1 unspecified atom stereocenters. The van der Waals surface area contributed by atoms with Crippen LogP contribution in [0.5, 0.6) is 5.75 Å². The molecule has 9 heteroatoms. The van der Waals surface area contributed by atoms with Crippen LogP contribution in [0, 0.1) is 0 Å². The fourth-order valence-electron chi connectivity index (χ4n) is 2.42. The van der Waals surface area contributed by atoms with Crippen LogP contribution >= 0.6 is 0 Å². The van der Waals surface area contributed by atoms with Crippen LogP contribution in [0.15, 0.2) is 30.5 Å². The van der Waals surface area contributed by atoms with Gasteiger partial charge in [-0.2, -0.15) is 13.2 Å². The minimum atomic E-state index is -4.56. The fourth-order valence-corrected chi connectivity index (χ4v) is 2.87. The molecule has 0 bridgehead atoms. The first-order valence-electron chi connectivity index (χ1n) is 8.07. The highest BCUT2D eigenvalue weighted by Gasteiger charge is 2.32. The summed E-state index contributed by atoms with van der Waals surface area (Å²) in [5.41, 5.74) is 0.219. The van der Waals surface area contributed by atoms with Crippen molar-refractivity contribution in [2.24, 2.45) is 0 Å². The summed E-state index contributed by atoms with van der Waals surface area (Å²) in [6.07, 6.45) is -3.53. The molecular formula is C18H21F3N2O3S. The number of pyridine rings is 1. The lowest BCUT2D eigenvalue weighted by atomic mass is 9.98. The molecule has 1 heterocycles. The fraction of sp³-hybridized carbons (Fsp3) is 0.389. The molecule has 3 N–H and O–H groups in total. The highest BCUT2D eigenvalue weighted by molar-refractivity contribution is 7.78. The van der Waals surface area contributed by atoms with Crippen LogP contribution in [-0.2, 0) is 29.6 Å². The molecule has 2 rings (SSSR count). The Hall–Kier alpha value is -1.97. The van der Waals surface area contributed by atoms with Gasteiger partial charge >= 0.3 is 6.18 Å². The molecule has 0 aliphatic rings. The first-order valence-corrected chi connectivity index (χ1v) is 9.35. The van der Waals surface area contributed by atoms with Crippen molar-refractivity contribution in [3.05, 3.63) is 47.3 Å². The molecule has 0 spiro atoms. The number of phenolic OH excluding ortho intramolecular Hbond substituents is 1. The number of phenols is 1. The van der Waals surface area contributed by atoms with Crippen molar-refractivity contribution in [3.63, 3.8) is 0 Å². The van der Waals surface area contributed by atoms with Crippen molar-refractivity contribution >= 4 is 11.1 Å². The van der Waals surface area contributed by atoms with Gasteiger partial charge in [-0.15, -0.1) is 0 Å². The van der Waals surface area contributed by atoms with Crippen molar-refractivity contribution in [2.45, 2.75) is 44.8 Å². The molecule has 1 aromatic heterocycles. The summed E-state index contributed by atoms with van der Waals surface area (Å²) in [5.74, 6) is -0.273. The van der Waals surface area contributed by atoms with E-state index in [9.17, 15) is 22.5 Å². The summed E-state index contributed by atoms with van der Waals surface area (Å²) in [5, 5.41) is 13.8. The van der Waals surface area contributed by atoms with E-state index in [4.69, 9.17) is 4.55 Å². The Morgan fingerprint density at radius 3 is 2.33 bits per heavy atom. The molecule has 0 aliphatic carbocycles. The van der Waals surface area contributed by atoms with E-state index in [0.717, 1.165) is 12.3 Å². The topological polar surface area (TPSA) is 82.5 Å². The standard InChI is InChI=1S/C18H21F3N2O3S/c1-17(2,3)23-9-13-6-11(10-27(25)26)7-14(16(13)24)12-4-5-15(22-8-12)18(19,20)21/h4-8,23-24H,9-10H2,1-3H3,(H,25,26). The second-order valence-electron chi connectivity index (χ2n) is 7.15. The maximum absolute atomic E-state index is 12.7. The predicted octanol–water partition coefficient (Wildman–Crippen LogP) is 4.08. The minimum absolute atomic E-state index is 0.110. The van der Waals surface area contributed by atoms with Gasteiger partial charge in [0.25, 0.3) is 0 Å². The average Bonchev–Trinajstić information content (AvgIpc) is 2.53. The molecule has 1 atom stereocenters. The van der Waals surface area contributed by atoms with E-state index < -0.39 is 23.0 Å². The zero-order chi connectivity index (χ0) is 20.4. The van der Waals surface area contributed by atoms with Gasteiger partial charge in [0.15, 0.2) is 11.1 Å². The Bertz CT molecular complexity index is 831. The van der Waals surface area contributed by atoms with E-state index in [1.54, 1.807) is 6.07 Å². The molecule has 2 aromatic rings. The number of benzene rings is 1. The van der Waals surface area contributed by atoms with Crippen LogP contribution in [-0.4, -0.2) is 24.4 Å². The lowest BCUT2D eigenvalue weighted by Gasteiger charge is -2.22. The predicted molar refractivity (Wildman–Crippen MR) is 97.4 cm³/mol. The van der Waals surface area contributed by atoms with Crippen molar-refractivity contribution in [3.8, 4) is 16.9 Å². The van der Waals surface area contributed by atoms with Crippen molar-refractivity contribution in [1.82, 2.24) is 10.3 Å². The Kier molecular flexibility index (Phi) is 6.28. The Morgan fingerprint density at radius 1 is 1.19 bits per heavy atom. The second-order valence-corrected chi connectivity index (χ2v) is 8.08. The lowest BCUT2D eigenvalue weighted by Crippen LogP contribution is -2.35. The van der Waals surface area contributed by atoms with Gasteiger partial charge in [0, 0.05) is 35.0 Å².